The van der Waals surface area contributed by atoms with Gasteiger partial charge in [-0.3, -0.25) is 0 Å². The van der Waals surface area contributed by atoms with E-state index in [9.17, 15) is 9.18 Å². The summed E-state index contributed by atoms with van der Waals surface area (Å²) < 4.78 is 23.9. The van der Waals surface area contributed by atoms with Crippen LogP contribution >= 0.6 is 0 Å². The maximum absolute atomic E-state index is 13.4. The van der Waals surface area contributed by atoms with Crippen molar-refractivity contribution in [2.75, 3.05) is 13.2 Å². The monoisotopic (exact) mass is 224 g/mol. The zero-order valence-electron chi connectivity index (χ0n) is 8.48. The first kappa shape index (κ1) is 11.1. The number of hydrogen-bond acceptors (Lipinski definition) is 3. The Morgan fingerprint density at radius 2 is 2.06 bits per heavy atom. The number of aromatic carboxylic acids is 1. The normalized spacial score (nSPS) is 16.2. The molecular weight excluding hydrogens is 214 g/mol. The Morgan fingerprint density at radius 3 is 2.62 bits per heavy atom. The minimum Gasteiger partial charge on any atom is -0.478 e. The zero-order valence-corrected chi connectivity index (χ0v) is 8.48. The van der Waals surface area contributed by atoms with Gasteiger partial charge in [-0.1, -0.05) is 6.07 Å². The molecule has 4 nitrogen and oxygen atoms in total. The highest BCUT2D eigenvalue weighted by Crippen LogP contribution is 2.08. The Morgan fingerprint density at radius 1 is 1.38 bits per heavy atom. The van der Waals surface area contributed by atoms with Gasteiger partial charge in [-0.25, -0.2) is 9.18 Å². The van der Waals surface area contributed by atoms with Gasteiger partial charge in [-0.15, -0.1) is 0 Å². The summed E-state index contributed by atoms with van der Waals surface area (Å²) in [7, 11) is -0.592. The predicted octanol–water partition coefficient (Wildman–Crippen LogP) is 0.656. The third-order valence-electron chi connectivity index (χ3n) is 2.32. The van der Waals surface area contributed by atoms with Crippen LogP contribution in [-0.4, -0.2) is 31.4 Å². The quantitative estimate of drug-likeness (QED) is 0.749. The van der Waals surface area contributed by atoms with Gasteiger partial charge in [-0.05, 0) is 24.0 Å². The molecule has 0 radical (unpaired) electrons. The molecule has 0 atom stereocenters. The number of carboxylic acid groups (broad SMARTS) is 1. The number of rotatable bonds is 2. The van der Waals surface area contributed by atoms with Crippen LogP contribution < -0.4 is 5.46 Å². The van der Waals surface area contributed by atoms with E-state index >= 15 is 0 Å². The molecule has 1 N–H and O–H groups in total. The van der Waals surface area contributed by atoms with Gasteiger partial charge in [0.1, 0.15) is 5.82 Å². The number of carboxylic acids is 1. The van der Waals surface area contributed by atoms with Gasteiger partial charge in [0.05, 0.1) is 5.56 Å². The molecule has 1 heterocycles. The van der Waals surface area contributed by atoms with E-state index in [4.69, 9.17) is 14.4 Å². The molecule has 1 fully saturated rings. The average molecular weight is 224 g/mol. The van der Waals surface area contributed by atoms with Gasteiger partial charge in [0, 0.05) is 13.2 Å². The molecule has 1 aliphatic rings. The standard InChI is InChI=1S/C10H10BFO4/c12-9-6-7(2-3-8(9)10(13)14)11-15-4-1-5-16-11/h2-3,6H,1,4-5H2,(H,13,14). The fourth-order valence-electron chi connectivity index (χ4n) is 1.53. The lowest BCUT2D eigenvalue weighted by Gasteiger charge is -2.19. The van der Waals surface area contributed by atoms with Gasteiger partial charge in [0.2, 0.25) is 0 Å². The van der Waals surface area contributed by atoms with Crippen molar-refractivity contribution in [1.82, 2.24) is 0 Å². The SMILES string of the molecule is O=C(O)c1ccc(B2OCCCO2)cc1F. The van der Waals surface area contributed by atoms with Crippen LogP contribution in [0.5, 0.6) is 0 Å². The Kier molecular flexibility index (Phi) is 3.21. The molecule has 1 aliphatic heterocycles. The highest BCUT2D eigenvalue weighted by atomic mass is 19.1. The lowest BCUT2D eigenvalue weighted by atomic mass is 9.77. The number of hydrogen-bond donors (Lipinski definition) is 1. The lowest BCUT2D eigenvalue weighted by Crippen LogP contribution is -2.41. The maximum atomic E-state index is 13.4. The van der Waals surface area contributed by atoms with Crippen molar-refractivity contribution in [1.29, 1.82) is 0 Å². The van der Waals surface area contributed by atoms with Gasteiger partial charge in [0.15, 0.2) is 0 Å². The summed E-state index contributed by atoms with van der Waals surface area (Å²) in [6, 6.07) is 3.86. The molecule has 16 heavy (non-hydrogen) atoms. The summed E-state index contributed by atoms with van der Waals surface area (Å²) in [5.41, 5.74) is 0.154. The Hall–Kier alpha value is -1.40. The second-order valence-corrected chi connectivity index (χ2v) is 3.47. The van der Waals surface area contributed by atoms with Crippen molar-refractivity contribution in [3.8, 4) is 0 Å². The molecule has 0 amide bonds. The molecule has 0 bridgehead atoms. The maximum Gasteiger partial charge on any atom is 0.493 e. The molecule has 1 saturated heterocycles. The predicted molar refractivity (Wildman–Crippen MR) is 55.3 cm³/mol. The van der Waals surface area contributed by atoms with Crippen LogP contribution in [0.15, 0.2) is 18.2 Å². The topological polar surface area (TPSA) is 55.8 Å². The third-order valence-corrected chi connectivity index (χ3v) is 2.32. The summed E-state index contributed by atoms with van der Waals surface area (Å²) in [6.07, 6.45) is 0.812. The number of halogens is 1. The van der Waals surface area contributed by atoms with E-state index < -0.39 is 18.9 Å². The smallest absolute Gasteiger partial charge is 0.478 e. The molecular formula is C10H10BFO4. The molecule has 6 heteroatoms. The summed E-state index contributed by atoms with van der Waals surface area (Å²) in [5.74, 6) is -2.06. The second-order valence-electron chi connectivity index (χ2n) is 3.47. The molecule has 0 aliphatic carbocycles. The molecule has 84 valence electrons. The van der Waals surface area contributed by atoms with Crippen molar-refractivity contribution >= 4 is 18.6 Å². The first-order chi connectivity index (χ1) is 7.68. The Balaban J connectivity index is 2.23. The second kappa shape index (κ2) is 4.63. The van der Waals surface area contributed by atoms with Gasteiger partial charge >= 0.3 is 13.1 Å². The summed E-state index contributed by atoms with van der Waals surface area (Å²) >= 11 is 0. The van der Waals surface area contributed by atoms with Crippen molar-refractivity contribution in [2.45, 2.75) is 6.42 Å². The minimum absolute atomic E-state index is 0.348. The fraction of sp³-hybridized carbons (Fsp3) is 0.300. The van der Waals surface area contributed by atoms with Gasteiger partial charge in [0.25, 0.3) is 0 Å². The van der Waals surface area contributed by atoms with E-state index in [1.54, 1.807) is 0 Å². The van der Waals surface area contributed by atoms with Gasteiger partial charge in [-0.2, -0.15) is 0 Å². The third kappa shape index (κ3) is 2.23. The average Bonchev–Trinajstić information content (AvgIpc) is 2.29. The van der Waals surface area contributed by atoms with Crippen LogP contribution in [0.4, 0.5) is 4.39 Å². The molecule has 0 unspecified atom stereocenters. The van der Waals surface area contributed by atoms with Crippen molar-refractivity contribution in [3.63, 3.8) is 0 Å². The van der Waals surface area contributed by atoms with Gasteiger partial charge < -0.3 is 14.4 Å². The Labute approximate surface area is 92.1 Å². The Bertz CT molecular complexity index is 404. The van der Waals surface area contributed by atoms with E-state index in [0.29, 0.717) is 18.7 Å². The van der Waals surface area contributed by atoms with E-state index in [2.05, 4.69) is 0 Å². The highest BCUT2D eigenvalue weighted by molar-refractivity contribution is 6.61. The van der Waals surface area contributed by atoms with Crippen molar-refractivity contribution < 1.29 is 23.6 Å². The molecule has 2 rings (SSSR count). The molecule has 1 aromatic carbocycles. The van der Waals surface area contributed by atoms with E-state index in [1.807, 2.05) is 0 Å². The number of benzene rings is 1. The zero-order chi connectivity index (χ0) is 11.5. The van der Waals surface area contributed by atoms with Crippen LogP contribution in [-0.2, 0) is 9.31 Å². The first-order valence-electron chi connectivity index (χ1n) is 4.94. The van der Waals surface area contributed by atoms with Crippen LogP contribution in [0.3, 0.4) is 0 Å². The minimum atomic E-state index is -1.28. The first-order valence-corrected chi connectivity index (χ1v) is 4.94. The summed E-state index contributed by atoms with van der Waals surface area (Å²) in [4.78, 5) is 10.6. The lowest BCUT2D eigenvalue weighted by molar-refractivity contribution is 0.0692. The molecule has 0 saturated carbocycles. The molecule has 0 spiro atoms. The van der Waals surface area contributed by atoms with Crippen LogP contribution in [0.25, 0.3) is 0 Å². The van der Waals surface area contributed by atoms with Crippen molar-refractivity contribution in [2.24, 2.45) is 0 Å². The van der Waals surface area contributed by atoms with Crippen LogP contribution in [0, 0.1) is 5.82 Å². The highest BCUT2D eigenvalue weighted by Gasteiger charge is 2.25. The number of carbonyl (C=O) groups is 1. The molecule has 0 aromatic heterocycles. The van der Waals surface area contributed by atoms with E-state index in [-0.39, 0.29) is 5.56 Å². The van der Waals surface area contributed by atoms with Crippen molar-refractivity contribution in [3.05, 3.63) is 29.6 Å². The summed E-state index contributed by atoms with van der Waals surface area (Å²) in [5, 5.41) is 8.66. The van der Waals surface area contributed by atoms with E-state index in [0.717, 1.165) is 12.5 Å². The van der Waals surface area contributed by atoms with E-state index in [1.165, 1.54) is 12.1 Å². The summed E-state index contributed by atoms with van der Waals surface area (Å²) in [6.45, 7) is 1.12. The van der Waals surface area contributed by atoms with Crippen LogP contribution in [0.1, 0.15) is 16.8 Å². The van der Waals surface area contributed by atoms with Crippen LogP contribution in [0.2, 0.25) is 0 Å². The largest absolute Gasteiger partial charge is 0.493 e. The molecule has 1 aromatic rings. The fourth-order valence-corrected chi connectivity index (χ4v) is 1.53.